The number of rotatable bonds is 0. The van der Waals surface area contributed by atoms with Gasteiger partial charge >= 0.3 is 5.97 Å². The van der Waals surface area contributed by atoms with Crippen molar-refractivity contribution >= 4 is 5.97 Å². The van der Waals surface area contributed by atoms with Gasteiger partial charge in [-0.05, 0) is 12.8 Å². The standard InChI is InChI=1S/C10H17NO2/c1-10(2,3)9-11-6-4-5-7(11)8(12)13-9/h7,9H,4-6H2,1-3H3/t7-,9-/m0/s1. The third kappa shape index (κ3) is 1.35. The van der Waals surface area contributed by atoms with Crippen molar-refractivity contribution in [3.63, 3.8) is 0 Å². The average molecular weight is 183 g/mol. The maximum absolute atomic E-state index is 11.4. The summed E-state index contributed by atoms with van der Waals surface area (Å²) < 4.78 is 5.38. The van der Waals surface area contributed by atoms with Crippen molar-refractivity contribution < 1.29 is 9.53 Å². The van der Waals surface area contributed by atoms with Crippen molar-refractivity contribution in [2.75, 3.05) is 6.54 Å². The molecule has 0 N–H and O–H groups in total. The smallest absolute Gasteiger partial charge is 0.325 e. The highest BCUT2D eigenvalue weighted by Crippen LogP contribution is 2.36. The summed E-state index contributed by atoms with van der Waals surface area (Å²) in [5.41, 5.74) is 0.0365. The Bertz CT molecular complexity index is 232. The van der Waals surface area contributed by atoms with E-state index in [0.717, 1.165) is 19.4 Å². The van der Waals surface area contributed by atoms with Gasteiger partial charge in [0.2, 0.25) is 0 Å². The highest BCUT2D eigenvalue weighted by Gasteiger charge is 2.49. The highest BCUT2D eigenvalue weighted by molar-refractivity contribution is 5.78. The highest BCUT2D eigenvalue weighted by atomic mass is 16.6. The molecule has 0 amide bonds. The van der Waals surface area contributed by atoms with Gasteiger partial charge in [0.1, 0.15) is 6.04 Å². The van der Waals surface area contributed by atoms with Crippen molar-refractivity contribution in [2.45, 2.75) is 45.9 Å². The zero-order chi connectivity index (χ0) is 9.64. The molecule has 2 aliphatic heterocycles. The van der Waals surface area contributed by atoms with Crippen LogP contribution < -0.4 is 0 Å². The largest absolute Gasteiger partial charge is 0.445 e. The van der Waals surface area contributed by atoms with Crippen LogP contribution in [0.2, 0.25) is 0 Å². The van der Waals surface area contributed by atoms with Crippen LogP contribution in [0.5, 0.6) is 0 Å². The topological polar surface area (TPSA) is 29.5 Å². The molecule has 13 heavy (non-hydrogen) atoms. The summed E-state index contributed by atoms with van der Waals surface area (Å²) >= 11 is 0. The van der Waals surface area contributed by atoms with E-state index in [1.165, 1.54) is 0 Å². The summed E-state index contributed by atoms with van der Waals surface area (Å²) in [6.45, 7) is 7.36. The Labute approximate surface area is 79.0 Å². The van der Waals surface area contributed by atoms with E-state index in [9.17, 15) is 4.79 Å². The minimum absolute atomic E-state index is 0.00694. The van der Waals surface area contributed by atoms with Crippen LogP contribution >= 0.6 is 0 Å². The Kier molecular flexibility index (Phi) is 1.88. The van der Waals surface area contributed by atoms with Crippen LogP contribution in [-0.4, -0.2) is 29.7 Å². The fraction of sp³-hybridized carbons (Fsp3) is 0.900. The molecule has 0 aliphatic carbocycles. The van der Waals surface area contributed by atoms with E-state index in [0.29, 0.717) is 0 Å². The van der Waals surface area contributed by atoms with Gasteiger partial charge in [-0.25, -0.2) is 0 Å². The third-order valence-electron chi connectivity index (χ3n) is 2.84. The Morgan fingerprint density at radius 1 is 1.46 bits per heavy atom. The zero-order valence-electron chi connectivity index (χ0n) is 8.54. The molecule has 2 saturated heterocycles. The first-order chi connectivity index (χ1) is 6.00. The van der Waals surface area contributed by atoms with Crippen LogP contribution in [0.1, 0.15) is 33.6 Å². The molecule has 0 aromatic carbocycles. The molecular formula is C10H17NO2. The van der Waals surface area contributed by atoms with Crippen LogP contribution in [0.25, 0.3) is 0 Å². The summed E-state index contributed by atoms with van der Waals surface area (Å²) in [4.78, 5) is 13.7. The van der Waals surface area contributed by atoms with Gasteiger partial charge in [-0.15, -0.1) is 0 Å². The van der Waals surface area contributed by atoms with E-state index >= 15 is 0 Å². The van der Waals surface area contributed by atoms with E-state index in [4.69, 9.17) is 4.74 Å². The van der Waals surface area contributed by atoms with E-state index < -0.39 is 0 Å². The second kappa shape index (κ2) is 2.71. The molecule has 3 heteroatoms. The van der Waals surface area contributed by atoms with Crippen LogP contribution in [0.15, 0.2) is 0 Å². The summed E-state index contributed by atoms with van der Waals surface area (Å²) in [6.07, 6.45) is 2.10. The number of cyclic esters (lactones) is 1. The lowest BCUT2D eigenvalue weighted by Gasteiger charge is -2.31. The molecule has 0 bridgehead atoms. The fourth-order valence-corrected chi connectivity index (χ4v) is 2.25. The van der Waals surface area contributed by atoms with Gasteiger partial charge in [-0.2, -0.15) is 0 Å². The molecule has 2 heterocycles. The summed E-state index contributed by atoms with van der Waals surface area (Å²) in [7, 11) is 0. The maximum Gasteiger partial charge on any atom is 0.325 e. The first-order valence-electron chi connectivity index (χ1n) is 4.96. The van der Waals surface area contributed by atoms with E-state index in [-0.39, 0.29) is 23.7 Å². The van der Waals surface area contributed by atoms with Gasteiger partial charge in [-0.3, -0.25) is 9.69 Å². The number of esters is 1. The van der Waals surface area contributed by atoms with Crippen LogP contribution in [0, 0.1) is 5.41 Å². The number of fused-ring (bicyclic) bond motifs is 1. The molecule has 0 unspecified atom stereocenters. The summed E-state index contributed by atoms with van der Waals surface area (Å²) in [5, 5.41) is 0. The van der Waals surface area contributed by atoms with E-state index in [1.807, 2.05) is 0 Å². The Morgan fingerprint density at radius 2 is 2.15 bits per heavy atom. The molecular weight excluding hydrogens is 166 g/mol. The lowest BCUT2D eigenvalue weighted by molar-refractivity contribution is -0.148. The molecule has 2 rings (SSSR count). The van der Waals surface area contributed by atoms with Crippen LogP contribution in [0.4, 0.5) is 0 Å². The zero-order valence-corrected chi connectivity index (χ0v) is 8.54. The second-order valence-electron chi connectivity index (χ2n) is 5.05. The van der Waals surface area contributed by atoms with Crippen LogP contribution in [0.3, 0.4) is 0 Å². The second-order valence-corrected chi connectivity index (χ2v) is 5.05. The monoisotopic (exact) mass is 183 g/mol. The Balaban J connectivity index is 2.20. The van der Waals surface area contributed by atoms with Crippen molar-refractivity contribution in [3.05, 3.63) is 0 Å². The predicted octanol–water partition coefficient (Wildman–Crippen LogP) is 1.38. The van der Waals surface area contributed by atoms with Crippen molar-refractivity contribution in [3.8, 4) is 0 Å². The maximum atomic E-state index is 11.4. The third-order valence-corrected chi connectivity index (χ3v) is 2.84. The molecule has 0 aromatic rings. The molecule has 2 atom stereocenters. The molecule has 2 aliphatic rings. The molecule has 2 fully saturated rings. The minimum Gasteiger partial charge on any atom is -0.445 e. The predicted molar refractivity (Wildman–Crippen MR) is 49.1 cm³/mol. The Hall–Kier alpha value is -0.570. The average Bonchev–Trinajstić information content (AvgIpc) is 2.51. The van der Waals surface area contributed by atoms with Gasteiger partial charge in [0.25, 0.3) is 0 Å². The quantitative estimate of drug-likeness (QED) is 0.531. The first kappa shape index (κ1) is 9.00. The van der Waals surface area contributed by atoms with Crippen molar-refractivity contribution in [1.29, 1.82) is 0 Å². The first-order valence-corrected chi connectivity index (χ1v) is 4.96. The van der Waals surface area contributed by atoms with E-state index in [1.54, 1.807) is 0 Å². The van der Waals surface area contributed by atoms with Gasteiger partial charge < -0.3 is 4.74 Å². The molecule has 0 saturated carbocycles. The summed E-state index contributed by atoms with van der Waals surface area (Å²) in [6, 6.07) is 0.0595. The van der Waals surface area contributed by atoms with Gasteiger partial charge in [0, 0.05) is 12.0 Å². The van der Waals surface area contributed by atoms with Gasteiger partial charge in [0.05, 0.1) is 0 Å². The number of hydrogen-bond donors (Lipinski definition) is 0. The number of ether oxygens (including phenoxy) is 1. The van der Waals surface area contributed by atoms with E-state index in [2.05, 4.69) is 25.7 Å². The summed E-state index contributed by atoms with van der Waals surface area (Å²) in [5.74, 6) is -0.0163. The lowest BCUT2D eigenvalue weighted by atomic mass is 9.93. The minimum atomic E-state index is -0.0163. The lowest BCUT2D eigenvalue weighted by Crippen LogP contribution is -2.41. The molecule has 3 nitrogen and oxygen atoms in total. The SMILES string of the molecule is CC(C)(C)[C@@H]1OC(=O)[C@@H]2CCCN12. The Morgan fingerprint density at radius 3 is 2.77 bits per heavy atom. The van der Waals surface area contributed by atoms with Crippen LogP contribution in [-0.2, 0) is 9.53 Å². The number of carbonyl (C=O) groups is 1. The van der Waals surface area contributed by atoms with Gasteiger partial charge in [-0.1, -0.05) is 20.8 Å². The molecule has 0 aromatic heterocycles. The molecule has 0 spiro atoms. The van der Waals surface area contributed by atoms with Crippen molar-refractivity contribution in [2.24, 2.45) is 5.41 Å². The normalized spacial score (nSPS) is 34.8. The number of carbonyl (C=O) groups excluding carboxylic acids is 1. The van der Waals surface area contributed by atoms with Crippen molar-refractivity contribution in [1.82, 2.24) is 4.90 Å². The fourth-order valence-electron chi connectivity index (χ4n) is 2.25. The number of hydrogen-bond acceptors (Lipinski definition) is 3. The molecule has 0 radical (unpaired) electrons. The molecule has 74 valence electrons. The number of nitrogens with zero attached hydrogens (tertiary/aromatic N) is 1. The van der Waals surface area contributed by atoms with Gasteiger partial charge in [0.15, 0.2) is 6.23 Å².